The Labute approximate surface area is 208 Å². The van der Waals surface area contributed by atoms with E-state index in [9.17, 15) is 9.59 Å². The van der Waals surface area contributed by atoms with Crippen molar-refractivity contribution in [3.05, 3.63) is 98.7 Å². The first-order valence-corrected chi connectivity index (χ1v) is 12.5. The highest BCUT2D eigenvalue weighted by atomic mass is 32.1. The van der Waals surface area contributed by atoms with Crippen LogP contribution in [-0.4, -0.2) is 23.8 Å². The number of aryl methyl sites for hydroxylation is 1. The van der Waals surface area contributed by atoms with Gasteiger partial charge >= 0.3 is 0 Å². The van der Waals surface area contributed by atoms with E-state index in [1.165, 1.54) is 0 Å². The summed E-state index contributed by atoms with van der Waals surface area (Å²) < 4.78 is 5.29. The second-order valence-electron chi connectivity index (χ2n) is 8.93. The van der Waals surface area contributed by atoms with E-state index < -0.39 is 5.92 Å². The molecule has 0 bridgehead atoms. The lowest BCUT2D eigenvalue weighted by Crippen LogP contribution is -2.37. The van der Waals surface area contributed by atoms with Crippen LogP contribution in [0.4, 0.5) is 5.82 Å². The number of nitrogens with zero attached hydrogens (tertiary/aromatic N) is 1. The van der Waals surface area contributed by atoms with Gasteiger partial charge in [-0.25, -0.2) is 4.98 Å². The van der Waals surface area contributed by atoms with Crippen LogP contribution in [0.5, 0.6) is 5.75 Å². The lowest BCUT2D eigenvalue weighted by molar-refractivity contribution is -0.116. The van der Waals surface area contributed by atoms with Crippen LogP contribution in [0, 0.1) is 6.92 Å². The quantitative estimate of drug-likeness (QED) is 0.502. The average molecular weight is 486 g/mol. The molecule has 2 aliphatic rings. The molecule has 0 saturated heterocycles. The Kier molecular flexibility index (Phi) is 6.26. The van der Waals surface area contributed by atoms with Gasteiger partial charge in [-0.3, -0.25) is 9.59 Å². The summed E-state index contributed by atoms with van der Waals surface area (Å²) in [5.74, 6) is 0.771. The number of dihydropyridines is 1. The number of aromatic nitrogens is 1. The maximum absolute atomic E-state index is 13.7. The summed E-state index contributed by atoms with van der Waals surface area (Å²) in [6.07, 6.45) is 2.75. The van der Waals surface area contributed by atoms with Crippen molar-refractivity contribution in [2.24, 2.45) is 0 Å². The van der Waals surface area contributed by atoms with E-state index in [1.54, 1.807) is 36.8 Å². The lowest BCUT2D eigenvalue weighted by atomic mass is 9.73. The summed E-state index contributed by atoms with van der Waals surface area (Å²) in [7, 11) is 1.64. The van der Waals surface area contributed by atoms with Gasteiger partial charge in [0.25, 0.3) is 5.91 Å². The normalized spacial score (nSPS) is 19.8. The molecule has 2 N–H and O–H groups in total. The Hall–Kier alpha value is -3.71. The topological polar surface area (TPSA) is 80.3 Å². The molecule has 5 rings (SSSR count). The van der Waals surface area contributed by atoms with Crippen LogP contribution in [0.25, 0.3) is 0 Å². The first-order chi connectivity index (χ1) is 17.0. The zero-order valence-electron chi connectivity index (χ0n) is 19.9. The van der Waals surface area contributed by atoms with E-state index in [4.69, 9.17) is 4.74 Å². The fourth-order valence-corrected chi connectivity index (χ4v) is 6.06. The van der Waals surface area contributed by atoms with Gasteiger partial charge in [0.05, 0.1) is 13.0 Å². The van der Waals surface area contributed by atoms with Gasteiger partial charge in [0.1, 0.15) is 11.6 Å². The molecule has 7 heteroatoms. The Morgan fingerprint density at radius 2 is 1.91 bits per heavy atom. The summed E-state index contributed by atoms with van der Waals surface area (Å²) in [6.45, 7) is 3.94. The standard InChI is InChI=1S/C28H27N3O3S/c1-16-11-13-35-27(16)26-24(28(33)31-23-6-4-5-12-29-23)17(2)30-21-14-19(15-22(32)25(21)26)18-7-9-20(34-3)10-8-18/h4-13,19,26,30H,14-15H2,1-3H3,(H,29,31,33)/t19-,26-/m1/s1. The van der Waals surface area contributed by atoms with E-state index in [0.29, 0.717) is 29.8 Å². The molecule has 0 spiro atoms. The molecule has 35 heavy (non-hydrogen) atoms. The zero-order valence-corrected chi connectivity index (χ0v) is 20.7. The van der Waals surface area contributed by atoms with Crippen molar-refractivity contribution in [2.45, 2.75) is 38.5 Å². The van der Waals surface area contributed by atoms with Crippen LogP contribution >= 0.6 is 11.3 Å². The van der Waals surface area contributed by atoms with Crippen molar-refractivity contribution >= 4 is 28.8 Å². The molecular weight excluding hydrogens is 458 g/mol. The third-order valence-electron chi connectivity index (χ3n) is 6.73. The highest BCUT2D eigenvalue weighted by Crippen LogP contribution is 2.47. The number of methoxy groups -OCH3 is 1. The Balaban J connectivity index is 1.53. The molecule has 1 aromatic carbocycles. The second kappa shape index (κ2) is 9.50. The first-order valence-electron chi connectivity index (χ1n) is 11.6. The number of nitrogens with one attached hydrogen (secondary N) is 2. The summed E-state index contributed by atoms with van der Waals surface area (Å²) in [6, 6.07) is 15.3. The number of amides is 1. The zero-order chi connectivity index (χ0) is 24.5. The Morgan fingerprint density at radius 3 is 2.57 bits per heavy atom. The fourth-order valence-electron chi connectivity index (χ4n) is 5.01. The number of carbonyl (C=O) groups excluding carboxylic acids is 2. The van der Waals surface area contributed by atoms with Crippen LogP contribution in [0.15, 0.2) is 82.6 Å². The molecule has 6 nitrogen and oxygen atoms in total. The number of Topliss-reactive ketones (excluding diaryl/α,β-unsaturated/α-hetero) is 1. The van der Waals surface area contributed by atoms with Gasteiger partial charge in [-0.15, -0.1) is 11.3 Å². The number of anilines is 1. The largest absolute Gasteiger partial charge is 0.497 e. The van der Waals surface area contributed by atoms with E-state index in [0.717, 1.165) is 33.1 Å². The number of thiophene rings is 1. The molecule has 3 heterocycles. The number of ether oxygens (including phenoxy) is 1. The van der Waals surface area contributed by atoms with E-state index in [1.807, 2.05) is 55.6 Å². The molecule has 3 aromatic rings. The van der Waals surface area contributed by atoms with Gasteiger partial charge < -0.3 is 15.4 Å². The van der Waals surface area contributed by atoms with Gasteiger partial charge in [-0.05, 0) is 73.0 Å². The summed E-state index contributed by atoms with van der Waals surface area (Å²) in [5.41, 5.74) is 5.13. The fraction of sp³-hybridized carbons (Fsp3) is 0.250. The number of benzene rings is 1. The monoisotopic (exact) mass is 485 g/mol. The summed E-state index contributed by atoms with van der Waals surface area (Å²) in [4.78, 5) is 32.5. The van der Waals surface area contributed by atoms with Crippen molar-refractivity contribution < 1.29 is 14.3 Å². The molecule has 2 aromatic heterocycles. The molecule has 0 fully saturated rings. The first kappa shape index (κ1) is 23.1. The maximum atomic E-state index is 13.7. The molecule has 0 unspecified atom stereocenters. The summed E-state index contributed by atoms with van der Waals surface area (Å²) in [5, 5.41) is 8.37. The van der Waals surface area contributed by atoms with Crippen LogP contribution < -0.4 is 15.4 Å². The molecule has 2 atom stereocenters. The highest BCUT2D eigenvalue weighted by Gasteiger charge is 2.41. The smallest absolute Gasteiger partial charge is 0.255 e. The number of carbonyl (C=O) groups is 2. The molecule has 0 radical (unpaired) electrons. The van der Waals surface area contributed by atoms with Gasteiger partial charge in [0, 0.05) is 40.0 Å². The Morgan fingerprint density at radius 1 is 1.11 bits per heavy atom. The third-order valence-corrected chi connectivity index (χ3v) is 7.81. The van der Waals surface area contributed by atoms with Gasteiger partial charge in [-0.1, -0.05) is 18.2 Å². The molecule has 178 valence electrons. The molecule has 1 aliphatic heterocycles. The van der Waals surface area contributed by atoms with Gasteiger partial charge in [0.15, 0.2) is 5.78 Å². The number of pyridine rings is 1. The van der Waals surface area contributed by atoms with Crippen LogP contribution in [-0.2, 0) is 9.59 Å². The van der Waals surface area contributed by atoms with Crippen molar-refractivity contribution in [1.82, 2.24) is 10.3 Å². The summed E-state index contributed by atoms with van der Waals surface area (Å²) >= 11 is 1.59. The van der Waals surface area contributed by atoms with Crippen molar-refractivity contribution in [2.75, 3.05) is 12.4 Å². The highest BCUT2D eigenvalue weighted by molar-refractivity contribution is 7.10. The number of hydrogen-bond donors (Lipinski definition) is 2. The maximum Gasteiger partial charge on any atom is 0.255 e. The minimum Gasteiger partial charge on any atom is -0.497 e. The van der Waals surface area contributed by atoms with E-state index in [-0.39, 0.29) is 17.6 Å². The second-order valence-corrected chi connectivity index (χ2v) is 9.88. The number of allylic oxidation sites excluding steroid dienone is 3. The molecule has 0 saturated carbocycles. The van der Waals surface area contributed by atoms with E-state index in [2.05, 4.69) is 15.6 Å². The minimum absolute atomic E-state index is 0.0708. The molecule has 1 amide bonds. The van der Waals surface area contributed by atoms with Crippen molar-refractivity contribution in [3.8, 4) is 5.75 Å². The predicted octanol–water partition coefficient (Wildman–Crippen LogP) is 5.46. The predicted molar refractivity (Wildman–Crippen MR) is 138 cm³/mol. The van der Waals surface area contributed by atoms with Crippen LogP contribution in [0.3, 0.4) is 0 Å². The average Bonchev–Trinajstić information content (AvgIpc) is 3.29. The number of ketones is 1. The molecule has 1 aliphatic carbocycles. The van der Waals surface area contributed by atoms with Gasteiger partial charge in [-0.2, -0.15) is 0 Å². The minimum atomic E-state index is -0.403. The van der Waals surface area contributed by atoms with Crippen molar-refractivity contribution in [1.29, 1.82) is 0 Å². The van der Waals surface area contributed by atoms with E-state index >= 15 is 0 Å². The number of hydrogen-bond acceptors (Lipinski definition) is 6. The third kappa shape index (κ3) is 4.39. The van der Waals surface area contributed by atoms with Crippen LogP contribution in [0.1, 0.15) is 47.6 Å². The van der Waals surface area contributed by atoms with Crippen molar-refractivity contribution in [3.63, 3.8) is 0 Å². The lowest BCUT2D eigenvalue weighted by Gasteiger charge is -2.36. The van der Waals surface area contributed by atoms with Crippen LogP contribution in [0.2, 0.25) is 0 Å². The number of rotatable bonds is 5. The van der Waals surface area contributed by atoms with Gasteiger partial charge in [0.2, 0.25) is 0 Å². The SMILES string of the molecule is COc1ccc([C@H]2CC(=O)C3=C(C2)NC(C)=C(C(=O)Nc2ccccn2)[C@H]3c2sccc2C)cc1. The molecular formula is C28H27N3O3S. The Bertz CT molecular complexity index is 1340.